The molecule has 0 radical (unpaired) electrons. The summed E-state index contributed by atoms with van der Waals surface area (Å²) in [5.41, 5.74) is 1.08. The molecular weight excluding hydrogens is 485 g/mol. The van der Waals surface area contributed by atoms with Gasteiger partial charge in [0.2, 0.25) is 0 Å². The van der Waals surface area contributed by atoms with E-state index in [1.165, 1.54) is 0 Å². The summed E-state index contributed by atoms with van der Waals surface area (Å²) in [7, 11) is 3.40. The van der Waals surface area contributed by atoms with Crippen molar-refractivity contribution in [2.75, 3.05) is 27.4 Å². The minimum absolute atomic E-state index is 0. The van der Waals surface area contributed by atoms with Crippen molar-refractivity contribution < 1.29 is 19.0 Å². The van der Waals surface area contributed by atoms with Gasteiger partial charge in [-0.1, -0.05) is 6.07 Å². The van der Waals surface area contributed by atoms with Crippen LogP contribution in [0.5, 0.6) is 11.5 Å². The Morgan fingerprint density at radius 1 is 1.14 bits per heavy atom. The van der Waals surface area contributed by atoms with Crippen LogP contribution < -0.4 is 20.1 Å². The lowest BCUT2D eigenvalue weighted by Crippen LogP contribution is -2.45. The van der Waals surface area contributed by atoms with Crippen LogP contribution in [0.15, 0.2) is 23.2 Å². The number of benzene rings is 1. The molecule has 164 valence electrons. The Labute approximate surface area is 191 Å². The van der Waals surface area contributed by atoms with Crippen molar-refractivity contribution in [3.8, 4) is 11.5 Å². The first-order valence-corrected chi connectivity index (χ1v) is 10.0. The maximum atomic E-state index is 11.9. The lowest BCUT2D eigenvalue weighted by atomic mass is 9.86. The molecule has 0 bridgehead atoms. The summed E-state index contributed by atoms with van der Waals surface area (Å²) in [5.74, 6) is 2.20. The Balaban J connectivity index is 0.00000420. The van der Waals surface area contributed by atoms with Crippen LogP contribution in [0.25, 0.3) is 0 Å². The third kappa shape index (κ3) is 7.91. The lowest BCUT2D eigenvalue weighted by molar-refractivity contribution is -0.149. The number of carbonyl (C=O) groups excluding carboxylic acids is 1. The first-order chi connectivity index (χ1) is 13.6. The molecule has 0 heterocycles. The van der Waals surface area contributed by atoms with Gasteiger partial charge in [0.05, 0.1) is 26.2 Å². The maximum absolute atomic E-state index is 11.9. The fourth-order valence-electron chi connectivity index (χ4n) is 3.41. The molecule has 1 aliphatic rings. The standard InChI is InChI=1S/C21H33N3O4.HI/c1-5-27-19-13-15(7-12-18(19)26-4)14-23-21(22-3)24-17-10-8-16(9-11-17)20(25)28-6-2;/h7,12-13,16-17H,5-6,8-11,14H2,1-4H3,(H2,22,23,24);1H. The van der Waals surface area contributed by atoms with Gasteiger partial charge in [-0.3, -0.25) is 9.79 Å². The highest BCUT2D eigenvalue weighted by Crippen LogP contribution is 2.28. The van der Waals surface area contributed by atoms with Crippen molar-refractivity contribution in [2.24, 2.45) is 10.9 Å². The number of carbonyl (C=O) groups is 1. The lowest BCUT2D eigenvalue weighted by Gasteiger charge is -2.29. The number of guanidine groups is 1. The largest absolute Gasteiger partial charge is 0.493 e. The van der Waals surface area contributed by atoms with Crippen molar-refractivity contribution in [3.05, 3.63) is 23.8 Å². The van der Waals surface area contributed by atoms with Gasteiger partial charge >= 0.3 is 5.97 Å². The zero-order valence-electron chi connectivity index (χ0n) is 17.8. The topological polar surface area (TPSA) is 81.2 Å². The molecule has 1 aromatic rings. The molecule has 0 spiro atoms. The molecule has 2 N–H and O–H groups in total. The first kappa shape index (κ1) is 25.3. The molecule has 0 amide bonds. The second-order valence-corrected chi connectivity index (χ2v) is 6.79. The van der Waals surface area contributed by atoms with Crippen LogP contribution in [0.3, 0.4) is 0 Å². The van der Waals surface area contributed by atoms with E-state index in [2.05, 4.69) is 15.6 Å². The van der Waals surface area contributed by atoms with Gasteiger partial charge in [-0.25, -0.2) is 0 Å². The summed E-state index contributed by atoms with van der Waals surface area (Å²) in [6.45, 7) is 5.46. The van der Waals surface area contributed by atoms with Gasteiger partial charge in [-0.2, -0.15) is 0 Å². The SMILES string of the molecule is CCOC(=O)C1CCC(NC(=NC)NCc2ccc(OC)c(OCC)c2)CC1.I. The monoisotopic (exact) mass is 519 g/mol. The van der Waals surface area contributed by atoms with E-state index < -0.39 is 0 Å². The Hall–Kier alpha value is -1.71. The van der Waals surface area contributed by atoms with Gasteiger partial charge in [0, 0.05) is 19.6 Å². The molecule has 0 aromatic heterocycles. The predicted molar refractivity (Wildman–Crippen MR) is 125 cm³/mol. The molecule has 0 saturated heterocycles. The molecule has 8 heteroatoms. The quantitative estimate of drug-likeness (QED) is 0.237. The Bertz CT molecular complexity index is 661. The fourth-order valence-corrected chi connectivity index (χ4v) is 3.41. The Morgan fingerprint density at radius 2 is 1.86 bits per heavy atom. The van der Waals surface area contributed by atoms with Gasteiger partial charge in [-0.05, 0) is 57.2 Å². The number of esters is 1. The van der Waals surface area contributed by atoms with E-state index in [-0.39, 0.29) is 35.9 Å². The Morgan fingerprint density at radius 3 is 2.45 bits per heavy atom. The highest BCUT2D eigenvalue weighted by Gasteiger charge is 2.27. The van der Waals surface area contributed by atoms with E-state index in [4.69, 9.17) is 14.2 Å². The normalized spacial score (nSPS) is 19.0. The summed E-state index contributed by atoms with van der Waals surface area (Å²) in [5, 5.41) is 6.81. The maximum Gasteiger partial charge on any atom is 0.308 e. The zero-order chi connectivity index (χ0) is 20.4. The molecule has 1 aliphatic carbocycles. The summed E-state index contributed by atoms with van der Waals surface area (Å²) in [6, 6.07) is 6.21. The van der Waals surface area contributed by atoms with Crippen LogP contribution >= 0.6 is 24.0 Å². The van der Waals surface area contributed by atoms with E-state index in [9.17, 15) is 4.79 Å². The third-order valence-electron chi connectivity index (χ3n) is 4.90. The molecule has 0 aliphatic heterocycles. The highest BCUT2D eigenvalue weighted by molar-refractivity contribution is 14.0. The second kappa shape index (κ2) is 13.5. The number of rotatable bonds is 8. The van der Waals surface area contributed by atoms with Crippen molar-refractivity contribution in [3.63, 3.8) is 0 Å². The Kier molecular flexibility index (Phi) is 11.8. The molecule has 7 nitrogen and oxygen atoms in total. The van der Waals surface area contributed by atoms with Crippen LogP contribution in [0.1, 0.15) is 45.1 Å². The molecule has 0 atom stereocenters. The summed E-state index contributed by atoms with van der Waals surface area (Å²) >= 11 is 0. The summed E-state index contributed by atoms with van der Waals surface area (Å²) in [6.07, 6.45) is 3.57. The summed E-state index contributed by atoms with van der Waals surface area (Å²) < 4.78 is 16.1. The molecule has 2 rings (SSSR count). The molecule has 0 unspecified atom stereocenters. The first-order valence-electron chi connectivity index (χ1n) is 10.0. The van der Waals surface area contributed by atoms with Gasteiger partial charge in [0.15, 0.2) is 17.5 Å². The van der Waals surface area contributed by atoms with E-state index in [1.54, 1.807) is 14.2 Å². The van der Waals surface area contributed by atoms with E-state index in [1.807, 2.05) is 32.0 Å². The summed E-state index contributed by atoms with van der Waals surface area (Å²) in [4.78, 5) is 16.2. The van der Waals surface area contributed by atoms with E-state index in [0.717, 1.165) is 48.7 Å². The van der Waals surface area contributed by atoms with Crippen LogP contribution in [-0.4, -0.2) is 45.3 Å². The average Bonchev–Trinajstić information content (AvgIpc) is 2.72. The fraction of sp³-hybridized carbons (Fsp3) is 0.619. The average molecular weight is 519 g/mol. The zero-order valence-corrected chi connectivity index (χ0v) is 20.2. The second-order valence-electron chi connectivity index (χ2n) is 6.79. The van der Waals surface area contributed by atoms with Gasteiger partial charge in [0.1, 0.15) is 0 Å². The highest BCUT2D eigenvalue weighted by atomic mass is 127. The van der Waals surface area contributed by atoms with Crippen LogP contribution in [-0.2, 0) is 16.1 Å². The van der Waals surface area contributed by atoms with Gasteiger partial charge < -0.3 is 24.8 Å². The molecule has 29 heavy (non-hydrogen) atoms. The molecular formula is C21H34IN3O4. The smallest absolute Gasteiger partial charge is 0.308 e. The number of ether oxygens (including phenoxy) is 3. The molecule has 1 aromatic carbocycles. The van der Waals surface area contributed by atoms with Crippen LogP contribution in [0.2, 0.25) is 0 Å². The molecule has 1 saturated carbocycles. The van der Waals surface area contributed by atoms with Crippen molar-refractivity contribution in [2.45, 2.75) is 52.1 Å². The van der Waals surface area contributed by atoms with Gasteiger partial charge in [0.25, 0.3) is 0 Å². The minimum Gasteiger partial charge on any atom is -0.493 e. The van der Waals surface area contributed by atoms with Crippen LogP contribution in [0, 0.1) is 5.92 Å². The van der Waals surface area contributed by atoms with Crippen molar-refractivity contribution in [1.29, 1.82) is 0 Å². The number of hydrogen-bond acceptors (Lipinski definition) is 5. The minimum atomic E-state index is -0.0620. The van der Waals surface area contributed by atoms with Gasteiger partial charge in [-0.15, -0.1) is 24.0 Å². The molecule has 1 fully saturated rings. The third-order valence-corrected chi connectivity index (χ3v) is 4.90. The number of aliphatic imine (C=N–C) groups is 1. The van der Waals surface area contributed by atoms with E-state index >= 15 is 0 Å². The van der Waals surface area contributed by atoms with Crippen molar-refractivity contribution >= 4 is 35.9 Å². The predicted octanol–water partition coefficient (Wildman–Crippen LogP) is 3.50. The van der Waals surface area contributed by atoms with Crippen LogP contribution in [0.4, 0.5) is 0 Å². The number of methoxy groups -OCH3 is 1. The number of halogens is 1. The number of nitrogens with one attached hydrogen (secondary N) is 2. The van der Waals surface area contributed by atoms with E-state index in [0.29, 0.717) is 25.8 Å². The van der Waals surface area contributed by atoms with Crippen molar-refractivity contribution in [1.82, 2.24) is 10.6 Å². The number of nitrogens with zero attached hydrogens (tertiary/aromatic N) is 1. The number of hydrogen-bond donors (Lipinski definition) is 2.